The number of anilines is 2. The molecule has 7 heteroatoms. The number of aryl methyl sites for hydroxylation is 1. The van der Waals surface area contributed by atoms with Gasteiger partial charge in [-0.1, -0.05) is 17.7 Å². The number of halogens is 1. The van der Waals surface area contributed by atoms with Crippen molar-refractivity contribution in [1.29, 1.82) is 0 Å². The SMILES string of the molecule is Cc1ccc(N(CCCC(=O)Nc2ccc(F)cc2)S(C)(=O)=O)cc1. The molecule has 2 aromatic rings. The minimum Gasteiger partial charge on any atom is -0.326 e. The molecule has 5 nitrogen and oxygen atoms in total. The lowest BCUT2D eigenvalue weighted by Gasteiger charge is -2.22. The number of nitrogens with zero attached hydrogens (tertiary/aromatic N) is 1. The fourth-order valence-corrected chi connectivity index (χ4v) is 3.30. The molecule has 0 aliphatic carbocycles. The van der Waals surface area contributed by atoms with Crippen LogP contribution in [0.25, 0.3) is 0 Å². The second-order valence-electron chi connectivity index (χ2n) is 5.83. The zero-order chi connectivity index (χ0) is 18.4. The van der Waals surface area contributed by atoms with E-state index in [1.54, 1.807) is 12.1 Å². The largest absolute Gasteiger partial charge is 0.326 e. The van der Waals surface area contributed by atoms with Gasteiger partial charge in [0.1, 0.15) is 5.82 Å². The molecule has 0 saturated heterocycles. The maximum Gasteiger partial charge on any atom is 0.232 e. The zero-order valence-electron chi connectivity index (χ0n) is 14.2. The van der Waals surface area contributed by atoms with E-state index in [0.29, 0.717) is 17.8 Å². The van der Waals surface area contributed by atoms with Crippen LogP contribution in [0, 0.1) is 12.7 Å². The summed E-state index contributed by atoms with van der Waals surface area (Å²) in [6, 6.07) is 12.6. The van der Waals surface area contributed by atoms with Gasteiger partial charge in [-0.15, -0.1) is 0 Å². The Hall–Kier alpha value is -2.41. The normalized spacial score (nSPS) is 11.2. The van der Waals surface area contributed by atoms with E-state index >= 15 is 0 Å². The Labute approximate surface area is 147 Å². The van der Waals surface area contributed by atoms with Gasteiger partial charge in [-0.3, -0.25) is 9.10 Å². The van der Waals surface area contributed by atoms with Crippen molar-refractivity contribution >= 4 is 27.3 Å². The van der Waals surface area contributed by atoms with Gasteiger partial charge in [0.05, 0.1) is 11.9 Å². The number of benzene rings is 2. The summed E-state index contributed by atoms with van der Waals surface area (Å²) in [5.41, 5.74) is 2.12. The van der Waals surface area contributed by atoms with E-state index in [9.17, 15) is 17.6 Å². The molecule has 0 spiro atoms. The third-order valence-corrected chi connectivity index (χ3v) is 4.81. The van der Waals surface area contributed by atoms with Crippen molar-refractivity contribution < 1.29 is 17.6 Å². The smallest absolute Gasteiger partial charge is 0.232 e. The zero-order valence-corrected chi connectivity index (χ0v) is 15.0. The Morgan fingerprint density at radius 1 is 1.08 bits per heavy atom. The summed E-state index contributed by atoms with van der Waals surface area (Å²) in [6.07, 6.45) is 1.68. The third kappa shape index (κ3) is 5.86. The minimum absolute atomic E-state index is 0.162. The summed E-state index contributed by atoms with van der Waals surface area (Å²) in [6.45, 7) is 2.13. The Morgan fingerprint density at radius 2 is 1.68 bits per heavy atom. The number of sulfonamides is 1. The lowest BCUT2D eigenvalue weighted by molar-refractivity contribution is -0.116. The fraction of sp³-hybridized carbons (Fsp3) is 0.278. The summed E-state index contributed by atoms with van der Waals surface area (Å²) < 4.78 is 38.1. The van der Waals surface area contributed by atoms with Crippen molar-refractivity contribution in [3.05, 3.63) is 59.9 Å². The predicted molar refractivity (Wildman–Crippen MR) is 97.6 cm³/mol. The predicted octanol–water partition coefficient (Wildman–Crippen LogP) is 3.32. The topological polar surface area (TPSA) is 66.5 Å². The average molecular weight is 364 g/mol. The fourth-order valence-electron chi connectivity index (χ4n) is 2.34. The van der Waals surface area contributed by atoms with Gasteiger partial charge in [0, 0.05) is 18.7 Å². The van der Waals surface area contributed by atoms with E-state index in [4.69, 9.17) is 0 Å². The molecule has 0 unspecified atom stereocenters. The van der Waals surface area contributed by atoms with E-state index in [0.717, 1.165) is 11.8 Å². The van der Waals surface area contributed by atoms with E-state index in [-0.39, 0.29) is 24.7 Å². The molecular weight excluding hydrogens is 343 g/mol. The number of carbonyl (C=O) groups is 1. The van der Waals surface area contributed by atoms with Crippen molar-refractivity contribution in [1.82, 2.24) is 0 Å². The highest BCUT2D eigenvalue weighted by molar-refractivity contribution is 7.92. The number of nitrogens with one attached hydrogen (secondary N) is 1. The number of carbonyl (C=O) groups excluding carboxylic acids is 1. The number of rotatable bonds is 7. The van der Waals surface area contributed by atoms with Crippen molar-refractivity contribution in [3.8, 4) is 0 Å². The molecule has 0 aromatic heterocycles. The van der Waals surface area contributed by atoms with Crippen LogP contribution in [0.2, 0.25) is 0 Å². The van der Waals surface area contributed by atoms with Crippen LogP contribution < -0.4 is 9.62 Å². The molecule has 1 N–H and O–H groups in total. The molecule has 25 heavy (non-hydrogen) atoms. The Kier molecular flexibility index (Phi) is 6.14. The second-order valence-corrected chi connectivity index (χ2v) is 7.74. The van der Waals surface area contributed by atoms with Crippen molar-refractivity contribution in [2.24, 2.45) is 0 Å². The van der Waals surface area contributed by atoms with Gasteiger partial charge < -0.3 is 5.32 Å². The third-order valence-electron chi connectivity index (χ3n) is 3.62. The van der Waals surface area contributed by atoms with Crippen LogP contribution in [-0.4, -0.2) is 27.1 Å². The first kappa shape index (κ1) is 18.9. The number of amides is 1. The Morgan fingerprint density at radius 3 is 2.24 bits per heavy atom. The highest BCUT2D eigenvalue weighted by Gasteiger charge is 2.17. The highest BCUT2D eigenvalue weighted by atomic mass is 32.2. The van der Waals surface area contributed by atoms with Gasteiger partial charge in [-0.05, 0) is 49.7 Å². The summed E-state index contributed by atoms with van der Waals surface area (Å²) in [5, 5.41) is 2.66. The van der Waals surface area contributed by atoms with E-state index in [1.807, 2.05) is 19.1 Å². The van der Waals surface area contributed by atoms with Crippen LogP contribution in [0.1, 0.15) is 18.4 Å². The summed E-state index contributed by atoms with van der Waals surface area (Å²) in [4.78, 5) is 11.9. The van der Waals surface area contributed by atoms with Gasteiger partial charge in [0.15, 0.2) is 0 Å². The van der Waals surface area contributed by atoms with E-state index < -0.39 is 10.0 Å². The molecule has 1 amide bonds. The molecule has 0 fully saturated rings. The van der Waals surface area contributed by atoms with Gasteiger partial charge in [-0.25, -0.2) is 12.8 Å². The van der Waals surface area contributed by atoms with Crippen molar-refractivity contribution in [2.75, 3.05) is 22.4 Å². The van der Waals surface area contributed by atoms with Gasteiger partial charge in [-0.2, -0.15) is 0 Å². The molecule has 0 saturated carbocycles. The number of hydrogen-bond acceptors (Lipinski definition) is 3. The van der Waals surface area contributed by atoms with Crippen LogP contribution in [-0.2, 0) is 14.8 Å². The standard InChI is InChI=1S/C18H21FN2O3S/c1-14-5-11-17(12-6-14)21(25(2,23)24)13-3-4-18(22)20-16-9-7-15(19)8-10-16/h5-12H,3-4,13H2,1-2H3,(H,20,22). The van der Waals surface area contributed by atoms with Crippen LogP contribution >= 0.6 is 0 Å². The van der Waals surface area contributed by atoms with Crippen LogP contribution in [0.3, 0.4) is 0 Å². The Balaban J connectivity index is 1.93. The molecule has 0 aliphatic rings. The van der Waals surface area contributed by atoms with Gasteiger partial charge >= 0.3 is 0 Å². The molecule has 134 valence electrons. The lowest BCUT2D eigenvalue weighted by Crippen LogP contribution is -2.31. The molecule has 0 aliphatic heterocycles. The summed E-state index contributed by atoms with van der Waals surface area (Å²) in [5.74, 6) is -0.621. The second kappa shape index (κ2) is 8.11. The molecule has 2 aromatic carbocycles. The summed E-state index contributed by atoms with van der Waals surface area (Å²) >= 11 is 0. The van der Waals surface area contributed by atoms with Gasteiger partial charge in [0.2, 0.25) is 15.9 Å². The maximum absolute atomic E-state index is 12.8. The molecular formula is C18H21FN2O3S. The maximum atomic E-state index is 12.8. The highest BCUT2D eigenvalue weighted by Crippen LogP contribution is 2.19. The Bertz CT molecular complexity index is 818. The number of hydrogen-bond donors (Lipinski definition) is 1. The lowest BCUT2D eigenvalue weighted by atomic mass is 10.2. The first-order valence-electron chi connectivity index (χ1n) is 7.85. The van der Waals surface area contributed by atoms with Crippen LogP contribution in [0.15, 0.2) is 48.5 Å². The van der Waals surface area contributed by atoms with Gasteiger partial charge in [0.25, 0.3) is 0 Å². The van der Waals surface area contributed by atoms with Crippen LogP contribution in [0.5, 0.6) is 0 Å². The first-order chi connectivity index (χ1) is 11.8. The average Bonchev–Trinajstić information content (AvgIpc) is 2.54. The quantitative estimate of drug-likeness (QED) is 0.820. The molecule has 0 bridgehead atoms. The molecule has 0 radical (unpaired) electrons. The summed E-state index contributed by atoms with van der Waals surface area (Å²) in [7, 11) is -3.43. The van der Waals surface area contributed by atoms with Crippen LogP contribution in [0.4, 0.5) is 15.8 Å². The van der Waals surface area contributed by atoms with E-state index in [1.165, 1.54) is 28.6 Å². The first-order valence-corrected chi connectivity index (χ1v) is 9.70. The van der Waals surface area contributed by atoms with E-state index in [2.05, 4.69) is 5.32 Å². The van der Waals surface area contributed by atoms with Crippen molar-refractivity contribution in [2.45, 2.75) is 19.8 Å². The molecule has 2 rings (SSSR count). The molecule has 0 heterocycles. The minimum atomic E-state index is -3.43. The molecule has 0 atom stereocenters. The van der Waals surface area contributed by atoms with Crippen molar-refractivity contribution in [3.63, 3.8) is 0 Å². The monoisotopic (exact) mass is 364 g/mol.